The first-order valence-electron chi connectivity index (χ1n) is 18.5. The van der Waals surface area contributed by atoms with Crippen LogP contribution in [0.15, 0.2) is 24.3 Å². The summed E-state index contributed by atoms with van der Waals surface area (Å²) in [6.07, 6.45) is 43.1. The van der Waals surface area contributed by atoms with Crippen molar-refractivity contribution in [3.8, 4) is 0 Å². The number of amides is 2. The Morgan fingerprint density at radius 2 is 0.905 bits per heavy atom. The van der Waals surface area contributed by atoms with Crippen LogP contribution in [0, 0.1) is 5.92 Å². The van der Waals surface area contributed by atoms with Gasteiger partial charge in [0.25, 0.3) is 0 Å². The van der Waals surface area contributed by atoms with Crippen LogP contribution in [0.3, 0.4) is 0 Å². The highest BCUT2D eigenvalue weighted by atomic mass is 16.2. The summed E-state index contributed by atoms with van der Waals surface area (Å²) in [6, 6.07) is 0. The minimum absolute atomic E-state index is 0.111. The first kappa shape index (κ1) is 40.4. The van der Waals surface area contributed by atoms with Gasteiger partial charge in [-0.1, -0.05) is 141 Å². The Kier molecular flexibility index (Phi) is 32.6. The van der Waals surface area contributed by atoms with Gasteiger partial charge in [0.2, 0.25) is 11.8 Å². The van der Waals surface area contributed by atoms with E-state index in [1.54, 1.807) is 0 Å². The molecule has 0 spiro atoms. The lowest BCUT2D eigenvalue weighted by Gasteiger charge is -2.13. The van der Waals surface area contributed by atoms with Crippen molar-refractivity contribution in [3.05, 3.63) is 24.3 Å². The maximum absolute atomic E-state index is 12.2. The van der Waals surface area contributed by atoms with Gasteiger partial charge in [0.05, 0.1) is 0 Å². The fraction of sp³-hybridized carbons (Fsp3) is 0.842. The second kappa shape index (κ2) is 33.9. The number of allylic oxidation sites excluding steroid dienone is 4. The Labute approximate surface area is 262 Å². The predicted molar refractivity (Wildman–Crippen MR) is 185 cm³/mol. The van der Waals surface area contributed by atoms with Crippen LogP contribution in [0.2, 0.25) is 0 Å². The van der Waals surface area contributed by atoms with Gasteiger partial charge in [0.15, 0.2) is 0 Å². The van der Waals surface area contributed by atoms with E-state index in [0.717, 1.165) is 38.5 Å². The van der Waals surface area contributed by atoms with Crippen LogP contribution in [0.4, 0.5) is 0 Å². The highest BCUT2D eigenvalue weighted by Gasteiger charge is 2.15. The van der Waals surface area contributed by atoms with Crippen molar-refractivity contribution in [2.45, 2.75) is 194 Å². The molecule has 0 aliphatic carbocycles. The monoisotopic (exact) mass is 589 g/mol. The molecule has 0 radical (unpaired) electrons. The lowest BCUT2D eigenvalue weighted by molar-refractivity contribution is -0.123. The number of unbranched alkanes of at least 4 members (excludes halogenated alkanes) is 21. The number of primary amides is 1. The molecule has 3 N–H and O–H groups in total. The van der Waals surface area contributed by atoms with E-state index in [4.69, 9.17) is 5.73 Å². The Morgan fingerprint density at radius 1 is 0.524 bits per heavy atom. The van der Waals surface area contributed by atoms with E-state index in [-0.39, 0.29) is 17.7 Å². The molecule has 0 aliphatic heterocycles. The average Bonchev–Trinajstić information content (AvgIpc) is 2.98. The fourth-order valence-corrected chi connectivity index (χ4v) is 5.54. The topological polar surface area (TPSA) is 72.2 Å². The third kappa shape index (κ3) is 31.4. The summed E-state index contributed by atoms with van der Waals surface area (Å²) in [6.45, 7) is 5.09. The second-order valence-corrected chi connectivity index (χ2v) is 12.6. The third-order valence-electron chi connectivity index (χ3n) is 8.45. The molecule has 1 atom stereocenters. The van der Waals surface area contributed by atoms with E-state index in [0.29, 0.717) is 19.4 Å². The zero-order valence-corrected chi connectivity index (χ0v) is 28.3. The number of nitrogens with one attached hydrogen (secondary N) is 1. The van der Waals surface area contributed by atoms with Crippen LogP contribution < -0.4 is 11.1 Å². The van der Waals surface area contributed by atoms with Gasteiger partial charge in [-0.25, -0.2) is 0 Å². The molecule has 0 aromatic rings. The maximum Gasteiger partial charge on any atom is 0.220 e. The Balaban J connectivity index is 3.58. The van der Waals surface area contributed by atoms with E-state index in [1.807, 2.05) is 0 Å². The molecule has 0 fully saturated rings. The molecule has 42 heavy (non-hydrogen) atoms. The van der Waals surface area contributed by atoms with Crippen LogP contribution in [-0.4, -0.2) is 18.4 Å². The molecule has 1 unspecified atom stereocenters. The van der Waals surface area contributed by atoms with E-state index < -0.39 is 0 Å². The second-order valence-electron chi connectivity index (χ2n) is 12.6. The Morgan fingerprint density at radius 3 is 1.33 bits per heavy atom. The number of hydrogen-bond acceptors (Lipinski definition) is 2. The Hall–Kier alpha value is -1.58. The van der Waals surface area contributed by atoms with E-state index in [9.17, 15) is 9.59 Å². The van der Waals surface area contributed by atoms with E-state index in [2.05, 4.69) is 43.5 Å². The van der Waals surface area contributed by atoms with Gasteiger partial charge in [-0.2, -0.15) is 0 Å². The summed E-state index contributed by atoms with van der Waals surface area (Å²) in [5.41, 5.74) is 5.64. The fourth-order valence-electron chi connectivity index (χ4n) is 5.54. The van der Waals surface area contributed by atoms with Gasteiger partial charge in [-0.05, 0) is 70.6 Å². The van der Waals surface area contributed by atoms with Gasteiger partial charge in [-0.15, -0.1) is 0 Å². The molecular weight excluding hydrogens is 516 g/mol. The summed E-state index contributed by atoms with van der Waals surface area (Å²) in [7, 11) is 0. The number of rotatable bonds is 33. The molecule has 2 amide bonds. The molecule has 0 saturated heterocycles. The quantitative estimate of drug-likeness (QED) is 0.0591. The van der Waals surface area contributed by atoms with Crippen molar-refractivity contribution in [1.82, 2.24) is 5.32 Å². The van der Waals surface area contributed by atoms with Gasteiger partial charge in [0, 0.05) is 18.9 Å². The normalized spacial score (nSPS) is 12.4. The van der Waals surface area contributed by atoms with Gasteiger partial charge in [-0.3, -0.25) is 9.59 Å². The molecule has 0 bridgehead atoms. The molecule has 0 rings (SSSR count). The van der Waals surface area contributed by atoms with Crippen molar-refractivity contribution in [2.24, 2.45) is 11.7 Å². The molecule has 4 nitrogen and oxygen atoms in total. The average molecular weight is 589 g/mol. The molecule has 4 heteroatoms. The van der Waals surface area contributed by atoms with Gasteiger partial charge < -0.3 is 11.1 Å². The number of carbonyl (C=O) groups is 2. The largest absolute Gasteiger partial charge is 0.369 e. The molecule has 0 aromatic carbocycles. The molecule has 0 aliphatic rings. The minimum atomic E-state index is -0.223. The highest BCUT2D eigenvalue weighted by molar-refractivity contribution is 5.77. The maximum atomic E-state index is 12.2. The van der Waals surface area contributed by atoms with Crippen molar-refractivity contribution >= 4 is 11.8 Å². The molecule has 246 valence electrons. The van der Waals surface area contributed by atoms with Crippen LogP contribution >= 0.6 is 0 Å². The van der Waals surface area contributed by atoms with Crippen molar-refractivity contribution in [3.63, 3.8) is 0 Å². The SMILES string of the molecule is CCCCCCCCC=CCCCCCCCC(=O)NCCC(CCCCCCC=CCCCCCCCC)C(N)=O. The standard InChI is InChI=1S/C38H72N2O2/c1-3-5-7-9-11-13-15-17-19-21-23-25-27-29-31-33-37(41)40-35-34-36(38(39)42)32-30-28-26-24-22-20-18-16-14-12-10-8-6-4-2/h17-20,36H,3-16,21-35H2,1-2H3,(H2,39,42)(H,40,41). The number of hydrogen-bond donors (Lipinski definition) is 2. The van der Waals surface area contributed by atoms with Crippen molar-refractivity contribution in [2.75, 3.05) is 6.54 Å². The summed E-state index contributed by atoms with van der Waals surface area (Å²) < 4.78 is 0. The zero-order valence-electron chi connectivity index (χ0n) is 28.3. The summed E-state index contributed by atoms with van der Waals surface area (Å²) in [4.78, 5) is 24.0. The van der Waals surface area contributed by atoms with Gasteiger partial charge in [0.1, 0.15) is 0 Å². The predicted octanol–water partition coefficient (Wildman–Crippen LogP) is 11.3. The van der Waals surface area contributed by atoms with Gasteiger partial charge >= 0.3 is 0 Å². The van der Waals surface area contributed by atoms with Crippen molar-refractivity contribution in [1.29, 1.82) is 0 Å². The molecule has 0 aromatic heterocycles. The first-order valence-corrected chi connectivity index (χ1v) is 18.5. The van der Waals surface area contributed by atoms with Crippen LogP contribution in [0.1, 0.15) is 194 Å². The zero-order chi connectivity index (χ0) is 30.8. The van der Waals surface area contributed by atoms with Crippen LogP contribution in [0.25, 0.3) is 0 Å². The first-order chi connectivity index (χ1) is 20.6. The third-order valence-corrected chi connectivity index (χ3v) is 8.45. The van der Waals surface area contributed by atoms with Crippen LogP contribution in [0.5, 0.6) is 0 Å². The summed E-state index contributed by atoms with van der Waals surface area (Å²) in [5.74, 6) is -0.234. The van der Waals surface area contributed by atoms with Crippen LogP contribution in [-0.2, 0) is 9.59 Å². The number of carbonyl (C=O) groups excluding carboxylic acids is 2. The lowest BCUT2D eigenvalue weighted by atomic mass is 9.96. The molecule has 0 saturated carbocycles. The summed E-state index contributed by atoms with van der Waals surface area (Å²) in [5, 5.41) is 3.01. The minimum Gasteiger partial charge on any atom is -0.369 e. The Bertz CT molecular complexity index is 643. The van der Waals surface area contributed by atoms with E-state index in [1.165, 1.54) is 128 Å². The number of nitrogens with two attached hydrogens (primary N) is 1. The highest BCUT2D eigenvalue weighted by Crippen LogP contribution is 2.15. The van der Waals surface area contributed by atoms with E-state index >= 15 is 0 Å². The van der Waals surface area contributed by atoms with Crippen molar-refractivity contribution < 1.29 is 9.59 Å². The molecule has 0 heterocycles. The summed E-state index contributed by atoms with van der Waals surface area (Å²) >= 11 is 0. The smallest absolute Gasteiger partial charge is 0.220 e. The molecular formula is C38H72N2O2. The lowest BCUT2D eigenvalue weighted by Crippen LogP contribution is -2.30.